The molecule has 0 spiro atoms. The molecule has 15 heavy (non-hydrogen) atoms. The van der Waals surface area contributed by atoms with Crippen molar-refractivity contribution in [3.63, 3.8) is 0 Å². The van der Waals surface area contributed by atoms with Gasteiger partial charge in [-0.3, -0.25) is 4.90 Å². The first-order chi connectivity index (χ1) is 7.11. The fourth-order valence-corrected chi connectivity index (χ4v) is 3.19. The summed E-state index contributed by atoms with van der Waals surface area (Å²) in [5.74, 6) is -1.58. The van der Waals surface area contributed by atoms with Crippen molar-refractivity contribution in [3.05, 3.63) is 0 Å². The Balaban J connectivity index is 1.82. The minimum absolute atomic E-state index is 0.0804. The molecule has 0 aromatic carbocycles. The van der Waals surface area contributed by atoms with Gasteiger partial charge in [0.15, 0.2) is 0 Å². The van der Waals surface area contributed by atoms with Gasteiger partial charge < -0.3 is 0 Å². The molecule has 0 N–H and O–H groups in total. The highest BCUT2D eigenvalue weighted by molar-refractivity contribution is 6.18. The number of likely N-dealkylation sites (tertiary alicyclic amines) is 1. The molecule has 2 aliphatic rings. The van der Waals surface area contributed by atoms with Gasteiger partial charge in [0.2, 0.25) is 5.92 Å². The molecule has 1 unspecified atom stereocenters. The van der Waals surface area contributed by atoms with Crippen LogP contribution in [-0.2, 0) is 0 Å². The highest BCUT2D eigenvalue weighted by Crippen LogP contribution is 2.39. The molecule has 0 bridgehead atoms. The molecule has 1 saturated heterocycles. The molecule has 0 aromatic heterocycles. The van der Waals surface area contributed by atoms with Gasteiger partial charge in [-0.15, -0.1) is 11.6 Å². The van der Waals surface area contributed by atoms with E-state index in [9.17, 15) is 8.78 Å². The maximum atomic E-state index is 13.0. The van der Waals surface area contributed by atoms with Crippen molar-refractivity contribution < 1.29 is 8.78 Å². The number of hydrogen-bond donors (Lipinski definition) is 0. The lowest BCUT2D eigenvalue weighted by Gasteiger charge is -2.25. The standard InChI is InChI=1S/C11H18ClF2N/c12-7-10-2-1-5-15(10)8-9-3-4-11(13,14)6-9/h9-10H,1-8H2/t9?,10-/m0/s1. The maximum absolute atomic E-state index is 13.0. The third-order valence-corrected chi connectivity index (χ3v) is 4.03. The van der Waals surface area contributed by atoms with E-state index < -0.39 is 5.92 Å². The monoisotopic (exact) mass is 237 g/mol. The quantitative estimate of drug-likeness (QED) is 0.682. The second kappa shape index (κ2) is 4.54. The summed E-state index contributed by atoms with van der Waals surface area (Å²) in [7, 11) is 0. The molecular formula is C11H18ClF2N. The van der Waals surface area contributed by atoms with Gasteiger partial charge in [-0.1, -0.05) is 0 Å². The number of rotatable bonds is 3. The van der Waals surface area contributed by atoms with Gasteiger partial charge in [0, 0.05) is 31.3 Å². The summed E-state index contributed by atoms with van der Waals surface area (Å²) in [6, 6.07) is 0.431. The molecule has 2 fully saturated rings. The second-order valence-corrected chi connectivity index (χ2v) is 5.22. The molecule has 1 nitrogen and oxygen atoms in total. The zero-order chi connectivity index (χ0) is 10.9. The first-order valence-electron chi connectivity index (χ1n) is 5.78. The average molecular weight is 238 g/mol. The molecular weight excluding hydrogens is 220 g/mol. The summed E-state index contributed by atoms with van der Waals surface area (Å²) in [4.78, 5) is 2.30. The van der Waals surface area contributed by atoms with E-state index in [1.165, 1.54) is 6.42 Å². The molecule has 2 atom stereocenters. The lowest BCUT2D eigenvalue weighted by Crippen LogP contribution is -2.34. The predicted octanol–water partition coefficient (Wildman–Crippen LogP) is 3.13. The molecule has 0 aromatic rings. The Hall–Kier alpha value is 0.110. The van der Waals surface area contributed by atoms with E-state index in [1.54, 1.807) is 0 Å². The van der Waals surface area contributed by atoms with Crippen LogP contribution in [-0.4, -0.2) is 35.8 Å². The van der Waals surface area contributed by atoms with Crippen LogP contribution in [0.25, 0.3) is 0 Å². The van der Waals surface area contributed by atoms with E-state index in [4.69, 9.17) is 11.6 Å². The molecule has 1 saturated carbocycles. The van der Waals surface area contributed by atoms with Crippen LogP contribution in [0.5, 0.6) is 0 Å². The normalized spacial score (nSPS) is 36.2. The second-order valence-electron chi connectivity index (χ2n) is 4.91. The van der Waals surface area contributed by atoms with Gasteiger partial charge in [0.05, 0.1) is 0 Å². The van der Waals surface area contributed by atoms with Crippen LogP contribution >= 0.6 is 11.6 Å². The summed E-state index contributed by atoms with van der Waals surface area (Å²) < 4.78 is 26.0. The van der Waals surface area contributed by atoms with Crippen LogP contribution in [0.15, 0.2) is 0 Å². The van der Waals surface area contributed by atoms with Crippen LogP contribution < -0.4 is 0 Å². The third-order valence-electron chi connectivity index (χ3n) is 3.68. The Morgan fingerprint density at radius 2 is 2.13 bits per heavy atom. The van der Waals surface area contributed by atoms with E-state index in [0.29, 0.717) is 18.3 Å². The van der Waals surface area contributed by atoms with Crippen LogP contribution in [0.2, 0.25) is 0 Å². The minimum Gasteiger partial charge on any atom is -0.299 e. The zero-order valence-electron chi connectivity index (χ0n) is 8.89. The Morgan fingerprint density at radius 3 is 2.73 bits per heavy atom. The fraction of sp³-hybridized carbons (Fsp3) is 1.00. The molecule has 0 amide bonds. The minimum atomic E-state index is -2.40. The summed E-state index contributed by atoms with van der Waals surface area (Å²) in [5, 5.41) is 0. The molecule has 4 heteroatoms. The Morgan fingerprint density at radius 1 is 1.33 bits per heavy atom. The van der Waals surface area contributed by atoms with Crippen molar-refractivity contribution in [2.75, 3.05) is 19.0 Å². The van der Waals surface area contributed by atoms with Crippen LogP contribution in [0.4, 0.5) is 8.78 Å². The summed E-state index contributed by atoms with van der Waals surface area (Å²) in [6.45, 7) is 1.87. The first-order valence-corrected chi connectivity index (χ1v) is 6.32. The number of halogens is 3. The number of nitrogens with zero attached hydrogens (tertiary/aromatic N) is 1. The fourth-order valence-electron chi connectivity index (χ4n) is 2.84. The number of hydrogen-bond acceptors (Lipinski definition) is 1. The van der Waals surface area contributed by atoms with Gasteiger partial charge in [0.1, 0.15) is 0 Å². The van der Waals surface area contributed by atoms with E-state index >= 15 is 0 Å². The molecule has 2 rings (SSSR count). The van der Waals surface area contributed by atoms with Crippen molar-refractivity contribution in [1.82, 2.24) is 4.90 Å². The Bertz CT molecular complexity index is 223. The predicted molar refractivity (Wildman–Crippen MR) is 57.6 cm³/mol. The number of alkyl halides is 3. The summed E-state index contributed by atoms with van der Waals surface area (Å²) >= 11 is 5.85. The Labute approximate surface area is 94.8 Å². The zero-order valence-corrected chi connectivity index (χ0v) is 9.65. The maximum Gasteiger partial charge on any atom is 0.248 e. The van der Waals surface area contributed by atoms with Crippen LogP contribution in [0, 0.1) is 5.92 Å². The van der Waals surface area contributed by atoms with Crippen molar-refractivity contribution >= 4 is 11.6 Å². The van der Waals surface area contributed by atoms with Gasteiger partial charge in [0.25, 0.3) is 0 Å². The lowest BCUT2D eigenvalue weighted by molar-refractivity contribution is 0.00334. The summed E-state index contributed by atoms with van der Waals surface area (Å²) in [5.41, 5.74) is 0. The van der Waals surface area contributed by atoms with E-state index in [2.05, 4.69) is 4.90 Å². The molecule has 0 radical (unpaired) electrons. The molecule has 1 aliphatic heterocycles. The van der Waals surface area contributed by atoms with Crippen molar-refractivity contribution in [3.8, 4) is 0 Å². The average Bonchev–Trinajstić information content (AvgIpc) is 2.73. The first kappa shape index (κ1) is 11.6. The SMILES string of the molecule is FC1(F)CCC(CN2CCC[C@H]2CCl)C1. The molecule has 88 valence electrons. The summed E-state index contributed by atoms with van der Waals surface area (Å²) in [6.07, 6.45) is 3.14. The van der Waals surface area contributed by atoms with Gasteiger partial charge in [-0.25, -0.2) is 8.78 Å². The smallest absolute Gasteiger partial charge is 0.248 e. The van der Waals surface area contributed by atoms with E-state index in [0.717, 1.165) is 19.5 Å². The highest BCUT2D eigenvalue weighted by Gasteiger charge is 2.40. The van der Waals surface area contributed by atoms with Crippen molar-refractivity contribution in [2.24, 2.45) is 5.92 Å². The van der Waals surface area contributed by atoms with Crippen molar-refractivity contribution in [1.29, 1.82) is 0 Å². The highest BCUT2D eigenvalue weighted by atomic mass is 35.5. The van der Waals surface area contributed by atoms with E-state index in [1.807, 2.05) is 0 Å². The largest absolute Gasteiger partial charge is 0.299 e. The van der Waals surface area contributed by atoms with Gasteiger partial charge in [-0.05, 0) is 31.7 Å². The van der Waals surface area contributed by atoms with Crippen LogP contribution in [0.1, 0.15) is 32.1 Å². The topological polar surface area (TPSA) is 3.24 Å². The van der Waals surface area contributed by atoms with E-state index in [-0.39, 0.29) is 18.8 Å². The molecule has 1 aliphatic carbocycles. The Kier molecular flexibility index (Phi) is 3.51. The van der Waals surface area contributed by atoms with Gasteiger partial charge >= 0.3 is 0 Å². The van der Waals surface area contributed by atoms with Gasteiger partial charge in [-0.2, -0.15) is 0 Å². The third kappa shape index (κ3) is 2.82. The van der Waals surface area contributed by atoms with Crippen molar-refractivity contribution in [2.45, 2.75) is 44.1 Å². The molecule has 1 heterocycles. The van der Waals surface area contributed by atoms with Crippen LogP contribution in [0.3, 0.4) is 0 Å². The lowest BCUT2D eigenvalue weighted by atomic mass is 10.1.